The Kier molecular flexibility index (Phi) is 4.42. The highest BCUT2D eigenvalue weighted by Gasteiger charge is 2.64. The molecule has 1 aliphatic rings. The Labute approximate surface area is 125 Å². The lowest BCUT2D eigenvalue weighted by Crippen LogP contribution is -2.43. The summed E-state index contributed by atoms with van der Waals surface area (Å²) in [7, 11) is 0. The van der Waals surface area contributed by atoms with Crippen LogP contribution in [0, 0.1) is 22.2 Å². The van der Waals surface area contributed by atoms with Gasteiger partial charge in [-0.2, -0.15) is 0 Å². The number of urea groups is 1. The molecule has 1 saturated carbocycles. The minimum atomic E-state index is -1.19. The summed E-state index contributed by atoms with van der Waals surface area (Å²) in [4.78, 5) is 34.3. The van der Waals surface area contributed by atoms with Crippen molar-refractivity contribution in [2.75, 3.05) is 6.54 Å². The summed E-state index contributed by atoms with van der Waals surface area (Å²) in [6.07, 6.45) is -0.240. The van der Waals surface area contributed by atoms with Gasteiger partial charge in [-0.15, -0.1) is 0 Å². The van der Waals surface area contributed by atoms with Crippen LogP contribution in [0.15, 0.2) is 0 Å². The molecule has 0 aromatic rings. The number of amides is 3. The molecule has 120 valence electrons. The lowest BCUT2D eigenvalue weighted by atomic mass is 9.89. The minimum absolute atomic E-state index is 0.162. The summed E-state index contributed by atoms with van der Waals surface area (Å²) >= 11 is 0. The molecule has 6 nitrogen and oxygen atoms in total. The number of aliphatic carboxylic acids is 1. The molecule has 21 heavy (non-hydrogen) atoms. The van der Waals surface area contributed by atoms with Gasteiger partial charge in [-0.05, 0) is 30.6 Å². The van der Waals surface area contributed by atoms with Crippen LogP contribution < -0.4 is 10.6 Å². The molecule has 1 aliphatic carbocycles. The molecule has 3 amide bonds. The summed E-state index contributed by atoms with van der Waals surface area (Å²) in [5.74, 6) is -1.30. The van der Waals surface area contributed by atoms with Gasteiger partial charge in [-0.25, -0.2) is 4.79 Å². The van der Waals surface area contributed by atoms with Crippen LogP contribution in [-0.2, 0) is 9.59 Å². The number of carboxylic acid groups (broad SMARTS) is 1. The number of carboxylic acids is 1. The first kappa shape index (κ1) is 17.5. The predicted molar refractivity (Wildman–Crippen MR) is 78.6 cm³/mol. The smallest absolute Gasteiger partial charge is 0.321 e. The van der Waals surface area contributed by atoms with Crippen molar-refractivity contribution in [1.29, 1.82) is 0 Å². The largest absolute Gasteiger partial charge is 0.481 e. The zero-order valence-electron chi connectivity index (χ0n) is 13.7. The molecule has 0 aromatic carbocycles. The Bertz CT molecular complexity index is 452. The molecule has 0 heterocycles. The van der Waals surface area contributed by atoms with Gasteiger partial charge in [-0.3, -0.25) is 14.9 Å². The molecule has 0 radical (unpaired) electrons. The Balaban J connectivity index is 2.39. The van der Waals surface area contributed by atoms with Crippen LogP contribution in [0.4, 0.5) is 4.79 Å². The van der Waals surface area contributed by atoms with Gasteiger partial charge in [-0.1, -0.05) is 27.7 Å². The maximum absolute atomic E-state index is 11.7. The standard InChI is InChI=1S/C15H26N2O4/c1-13(2,11(19)20)7-10(18)17-12(21)16-8-9-14(3,4)15(9,5)6/h9H,7-8H2,1-6H3,(H,19,20)(H2,16,17,18,21). The normalized spacial score (nSPS) is 19.7. The Morgan fingerprint density at radius 1 is 1.10 bits per heavy atom. The van der Waals surface area contributed by atoms with Gasteiger partial charge in [0.25, 0.3) is 0 Å². The molecule has 0 aliphatic heterocycles. The van der Waals surface area contributed by atoms with Gasteiger partial charge in [0, 0.05) is 13.0 Å². The van der Waals surface area contributed by atoms with E-state index in [4.69, 9.17) is 5.11 Å². The van der Waals surface area contributed by atoms with E-state index in [1.165, 1.54) is 13.8 Å². The van der Waals surface area contributed by atoms with Crippen LogP contribution in [0.1, 0.15) is 48.0 Å². The fraction of sp³-hybridized carbons (Fsp3) is 0.800. The molecular weight excluding hydrogens is 272 g/mol. The van der Waals surface area contributed by atoms with Crippen LogP contribution in [0.5, 0.6) is 0 Å². The SMILES string of the molecule is CC(C)(CC(=O)NC(=O)NCC1C(C)(C)C1(C)C)C(=O)O. The third kappa shape index (κ3) is 3.54. The third-order valence-corrected chi connectivity index (χ3v) is 5.22. The number of carbonyl (C=O) groups excluding carboxylic acids is 2. The molecule has 1 rings (SSSR count). The topological polar surface area (TPSA) is 95.5 Å². The summed E-state index contributed by atoms with van der Waals surface area (Å²) in [5.41, 5.74) is -0.865. The summed E-state index contributed by atoms with van der Waals surface area (Å²) in [5, 5.41) is 13.8. The van der Waals surface area contributed by atoms with Crippen molar-refractivity contribution in [2.45, 2.75) is 48.0 Å². The second-order valence-corrected chi connectivity index (χ2v) is 7.62. The zero-order chi connectivity index (χ0) is 16.6. The average molecular weight is 298 g/mol. The maximum Gasteiger partial charge on any atom is 0.321 e. The van der Waals surface area contributed by atoms with E-state index in [0.717, 1.165) is 0 Å². The van der Waals surface area contributed by atoms with Gasteiger partial charge >= 0.3 is 12.0 Å². The summed E-state index contributed by atoms with van der Waals surface area (Å²) < 4.78 is 0. The molecule has 3 N–H and O–H groups in total. The quantitative estimate of drug-likeness (QED) is 0.723. The highest BCUT2D eigenvalue weighted by molar-refractivity contribution is 5.96. The molecule has 0 aromatic heterocycles. The number of carbonyl (C=O) groups is 3. The number of rotatable bonds is 5. The number of nitrogens with one attached hydrogen (secondary N) is 2. The molecule has 0 bridgehead atoms. The average Bonchev–Trinajstić information content (AvgIpc) is 2.65. The van der Waals surface area contributed by atoms with E-state index < -0.39 is 23.3 Å². The van der Waals surface area contributed by atoms with Crippen molar-refractivity contribution in [1.82, 2.24) is 10.6 Å². The number of imide groups is 1. The second kappa shape index (κ2) is 5.31. The third-order valence-electron chi connectivity index (χ3n) is 5.22. The van der Waals surface area contributed by atoms with Gasteiger partial charge in [0.2, 0.25) is 5.91 Å². The van der Waals surface area contributed by atoms with Crippen molar-refractivity contribution in [3.63, 3.8) is 0 Å². The zero-order valence-corrected chi connectivity index (χ0v) is 13.7. The van der Waals surface area contributed by atoms with Gasteiger partial charge < -0.3 is 10.4 Å². The van der Waals surface area contributed by atoms with Crippen molar-refractivity contribution in [3.05, 3.63) is 0 Å². The van der Waals surface area contributed by atoms with E-state index in [-0.39, 0.29) is 17.3 Å². The molecule has 6 heteroatoms. The molecule has 0 unspecified atom stereocenters. The van der Waals surface area contributed by atoms with Crippen LogP contribution >= 0.6 is 0 Å². The molecule has 0 saturated heterocycles. The Morgan fingerprint density at radius 3 is 1.95 bits per heavy atom. The van der Waals surface area contributed by atoms with Crippen molar-refractivity contribution < 1.29 is 19.5 Å². The lowest BCUT2D eigenvalue weighted by Gasteiger charge is -2.17. The van der Waals surface area contributed by atoms with Gasteiger partial charge in [0.05, 0.1) is 5.41 Å². The van der Waals surface area contributed by atoms with Crippen molar-refractivity contribution >= 4 is 17.9 Å². The molecule has 0 atom stereocenters. The van der Waals surface area contributed by atoms with Crippen LogP contribution in [0.25, 0.3) is 0 Å². The maximum atomic E-state index is 11.7. The fourth-order valence-electron chi connectivity index (χ4n) is 2.73. The fourth-order valence-corrected chi connectivity index (χ4v) is 2.73. The Morgan fingerprint density at radius 2 is 1.57 bits per heavy atom. The van der Waals surface area contributed by atoms with Crippen LogP contribution in [-0.4, -0.2) is 29.6 Å². The van der Waals surface area contributed by atoms with E-state index in [1.54, 1.807) is 0 Å². The molecular formula is C15H26N2O4. The Hall–Kier alpha value is -1.59. The molecule has 1 fully saturated rings. The highest BCUT2D eigenvalue weighted by Crippen LogP contribution is 2.67. The first-order chi connectivity index (χ1) is 9.32. The summed E-state index contributed by atoms with van der Waals surface area (Å²) in [6, 6.07) is -0.570. The van der Waals surface area contributed by atoms with Crippen LogP contribution in [0.3, 0.4) is 0 Å². The monoisotopic (exact) mass is 298 g/mol. The van der Waals surface area contributed by atoms with E-state index >= 15 is 0 Å². The van der Waals surface area contributed by atoms with E-state index in [0.29, 0.717) is 12.5 Å². The van der Waals surface area contributed by atoms with Crippen molar-refractivity contribution in [3.8, 4) is 0 Å². The van der Waals surface area contributed by atoms with Gasteiger partial charge in [0.1, 0.15) is 0 Å². The van der Waals surface area contributed by atoms with Crippen LogP contribution in [0.2, 0.25) is 0 Å². The first-order valence-corrected chi connectivity index (χ1v) is 7.13. The van der Waals surface area contributed by atoms with E-state index in [2.05, 4.69) is 38.3 Å². The lowest BCUT2D eigenvalue weighted by molar-refractivity contribution is -0.149. The van der Waals surface area contributed by atoms with Crippen molar-refractivity contribution in [2.24, 2.45) is 22.2 Å². The molecule has 0 spiro atoms. The van der Waals surface area contributed by atoms with Gasteiger partial charge in [0.15, 0.2) is 0 Å². The number of hydrogen-bond acceptors (Lipinski definition) is 3. The second-order valence-electron chi connectivity index (χ2n) is 7.62. The van der Waals surface area contributed by atoms with E-state index in [1.807, 2.05) is 0 Å². The first-order valence-electron chi connectivity index (χ1n) is 7.13. The predicted octanol–water partition coefficient (Wildman–Crippen LogP) is 2.00. The number of hydrogen-bond donors (Lipinski definition) is 3. The van der Waals surface area contributed by atoms with E-state index in [9.17, 15) is 14.4 Å². The minimum Gasteiger partial charge on any atom is -0.481 e. The highest BCUT2D eigenvalue weighted by atomic mass is 16.4. The summed E-state index contributed by atoms with van der Waals surface area (Å²) in [6.45, 7) is 12.0.